The zero-order valence-electron chi connectivity index (χ0n) is 14.5. The molecule has 4 rings (SSSR count). The van der Waals surface area contributed by atoms with Crippen LogP contribution in [0.3, 0.4) is 0 Å². The van der Waals surface area contributed by atoms with Crippen LogP contribution in [0, 0.1) is 12.7 Å². The minimum atomic E-state index is -0.255. The summed E-state index contributed by atoms with van der Waals surface area (Å²) in [6.45, 7) is 3.66. The van der Waals surface area contributed by atoms with E-state index < -0.39 is 0 Å². The molecule has 0 bridgehead atoms. The molecule has 0 atom stereocenters. The predicted octanol–water partition coefficient (Wildman–Crippen LogP) is 3.16. The van der Waals surface area contributed by atoms with Gasteiger partial charge in [-0.15, -0.1) is 0 Å². The molecule has 0 spiro atoms. The van der Waals surface area contributed by atoms with E-state index in [1.807, 2.05) is 24.3 Å². The van der Waals surface area contributed by atoms with Crippen LogP contribution in [-0.4, -0.2) is 39.4 Å². The summed E-state index contributed by atoms with van der Waals surface area (Å²) in [5.41, 5.74) is 2.14. The van der Waals surface area contributed by atoms with Gasteiger partial charge in [0.25, 0.3) is 0 Å². The number of halogens is 1. The van der Waals surface area contributed by atoms with Crippen molar-refractivity contribution in [3.63, 3.8) is 0 Å². The second-order valence-electron chi connectivity index (χ2n) is 6.48. The van der Waals surface area contributed by atoms with Crippen LogP contribution in [-0.2, 0) is 0 Å². The van der Waals surface area contributed by atoms with Gasteiger partial charge in [-0.3, -0.25) is 0 Å². The van der Waals surface area contributed by atoms with Crippen LogP contribution in [0.1, 0.15) is 18.4 Å². The van der Waals surface area contributed by atoms with E-state index in [1.165, 1.54) is 17.7 Å². The Hall–Kier alpha value is -2.96. The summed E-state index contributed by atoms with van der Waals surface area (Å²) in [7, 11) is 0. The van der Waals surface area contributed by atoms with Crippen molar-refractivity contribution in [1.29, 1.82) is 0 Å². The van der Waals surface area contributed by atoms with Crippen LogP contribution in [0.4, 0.5) is 10.3 Å². The van der Waals surface area contributed by atoms with Crippen LogP contribution >= 0.6 is 0 Å². The average molecular weight is 353 g/mol. The van der Waals surface area contributed by atoms with Crippen molar-refractivity contribution >= 4 is 5.95 Å². The highest BCUT2D eigenvalue weighted by molar-refractivity contribution is 5.42. The average Bonchev–Trinajstić information content (AvgIpc) is 3.15. The molecule has 7 heteroatoms. The number of benzene rings is 2. The van der Waals surface area contributed by atoms with Gasteiger partial charge < -0.3 is 9.64 Å². The lowest BCUT2D eigenvalue weighted by molar-refractivity contribution is 0.170. The molecule has 0 amide bonds. The van der Waals surface area contributed by atoms with Crippen LogP contribution in [0.15, 0.2) is 48.5 Å². The largest absolute Gasteiger partial charge is 0.490 e. The summed E-state index contributed by atoms with van der Waals surface area (Å²) in [5, 5.41) is 12.2. The van der Waals surface area contributed by atoms with Gasteiger partial charge in [0.1, 0.15) is 17.7 Å². The molecule has 26 heavy (non-hydrogen) atoms. The number of hydrogen-bond acceptors (Lipinski definition) is 5. The second-order valence-corrected chi connectivity index (χ2v) is 6.48. The number of nitrogens with zero attached hydrogens (tertiary/aromatic N) is 5. The third-order valence-corrected chi connectivity index (χ3v) is 4.57. The highest BCUT2D eigenvalue weighted by Gasteiger charge is 2.24. The minimum absolute atomic E-state index is 0.111. The maximum Gasteiger partial charge on any atom is 0.250 e. The molecule has 1 fully saturated rings. The molecule has 0 saturated carbocycles. The molecule has 1 aliphatic rings. The Bertz CT molecular complexity index is 854. The first-order valence-corrected chi connectivity index (χ1v) is 8.71. The lowest BCUT2D eigenvalue weighted by atomic mass is 10.1. The fourth-order valence-corrected chi connectivity index (χ4v) is 3.11. The Morgan fingerprint density at radius 1 is 1.00 bits per heavy atom. The van der Waals surface area contributed by atoms with Crippen molar-refractivity contribution in [2.24, 2.45) is 0 Å². The molecule has 3 aromatic rings. The normalized spacial score (nSPS) is 15.2. The van der Waals surface area contributed by atoms with E-state index in [9.17, 15) is 4.39 Å². The molecule has 0 radical (unpaired) electrons. The number of hydrogen-bond donors (Lipinski definition) is 0. The Morgan fingerprint density at radius 2 is 1.69 bits per heavy atom. The van der Waals surface area contributed by atoms with Crippen molar-refractivity contribution in [3.05, 3.63) is 59.9 Å². The van der Waals surface area contributed by atoms with Gasteiger partial charge in [-0.05, 0) is 53.7 Å². The smallest absolute Gasteiger partial charge is 0.250 e. The molecule has 1 aliphatic heterocycles. The van der Waals surface area contributed by atoms with Crippen molar-refractivity contribution in [1.82, 2.24) is 20.2 Å². The number of ether oxygens (including phenoxy) is 1. The summed E-state index contributed by atoms with van der Waals surface area (Å²) >= 11 is 0. The number of piperidine rings is 1. The molecule has 2 aromatic carbocycles. The highest BCUT2D eigenvalue weighted by Crippen LogP contribution is 2.23. The summed E-state index contributed by atoms with van der Waals surface area (Å²) in [5.74, 6) is 1.19. The minimum Gasteiger partial charge on any atom is -0.490 e. The van der Waals surface area contributed by atoms with E-state index in [1.54, 1.807) is 16.8 Å². The molecular formula is C19H20FN5O. The van der Waals surface area contributed by atoms with Crippen LogP contribution in [0.5, 0.6) is 5.75 Å². The fraction of sp³-hybridized carbons (Fsp3) is 0.316. The van der Waals surface area contributed by atoms with Gasteiger partial charge in [-0.25, -0.2) is 4.39 Å². The van der Waals surface area contributed by atoms with E-state index in [0.29, 0.717) is 5.75 Å². The molecular weight excluding hydrogens is 333 g/mol. The van der Waals surface area contributed by atoms with Gasteiger partial charge in [0.2, 0.25) is 5.95 Å². The summed E-state index contributed by atoms with van der Waals surface area (Å²) in [6.07, 6.45) is 1.83. The molecule has 0 aliphatic carbocycles. The third-order valence-electron chi connectivity index (χ3n) is 4.57. The van der Waals surface area contributed by atoms with Crippen LogP contribution in [0.2, 0.25) is 0 Å². The van der Waals surface area contributed by atoms with E-state index in [-0.39, 0.29) is 11.9 Å². The summed E-state index contributed by atoms with van der Waals surface area (Å²) in [6, 6.07) is 14.3. The van der Waals surface area contributed by atoms with E-state index in [2.05, 4.69) is 27.3 Å². The first-order chi connectivity index (χ1) is 12.7. The number of rotatable bonds is 4. The molecule has 1 saturated heterocycles. The van der Waals surface area contributed by atoms with E-state index >= 15 is 0 Å². The molecule has 0 N–H and O–H groups in total. The molecule has 0 unspecified atom stereocenters. The quantitative estimate of drug-likeness (QED) is 0.721. The van der Waals surface area contributed by atoms with Gasteiger partial charge in [0.15, 0.2) is 0 Å². The predicted molar refractivity (Wildman–Crippen MR) is 96.2 cm³/mol. The summed E-state index contributed by atoms with van der Waals surface area (Å²) < 4.78 is 20.7. The maximum absolute atomic E-state index is 13.0. The lowest BCUT2D eigenvalue weighted by Crippen LogP contribution is -2.39. The Labute approximate surface area is 151 Å². The molecule has 134 valence electrons. The van der Waals surface area contributed by atoms with Crippen LogP contribution in [0.25, 0.3) is 5.69 Å². The third kappa shape index (κ3) is 3.51. The lowest BCUT2D eigenvalue weighted by Gasteiger charge is -2.32. The fourth-order valence-electron chi connectivity index (χ4n) is 3.11. The monoisotopic (exact) mass is 353 g/mol. The van der Waals surface area contributed by atoms with Crippen LogP contribution < -0.4 is 9.64 Å². The standard InChI is InChI=1S/C19H20FN5O/c1-14-2-6-16(7-3-14)25-19(21-22-23-25)24-12-10-18(11-13-24)26-17-8-4-15(20)5-9-17/h2-9,18H,10-13H2,1H3. The first-order valence-electron chi connectivity index (χ1n) is 8.71. The first kappa shape index (κ1) is 16.5. The Balaban J connectivity index is 1.41. The van der Waals surface area contributed by atoms with Crippen molar-refractivity contribution < 1.29 is 9.13 Å². The zero-order chi connectivity index (χ0) is 17.9. The van der Waals surface area contributed by atoms with Gasteiger partial charge in [-0.2, -0.15) is 4.68 Å². The summed E-state index contributed by atoms with van der Waals surface area (Å²) in [4.78, 5) is 2.17. The maximum atomic E-state index is 13.0. The number of aromatic nitrogens is 4. The van der Waals surface area contributed by atoms with Gasteiger partial charge in [0.05, 0.1) is 5.69 Å². The van der Waals surface area contributed by atoms with Gasteiger partial charge in [0, 0.05) is 25.9 Å². The van der Waals surface area contributed by atoms with Gasteiger partial charge >= 0.3 is 0 Å². The van der Waals surface area contributed by atoms with Crippen molar-refractivity contribution in [2.75, 3.05) is 18.0 Å². The van der Waals surface area contributed by atoms with E-state index in [4.69, 9.17) is 4.74 Å². The molecule has 6 nitrogen and oxygen atoms in total. The Morgan fingerprint density at radius 3 is 2.38 bits per heavy atom. The zero-order valence-corrected chi connectivity index (χ0v) is 14.5. The van der Waals surface area contributed by atoms with Crippen molar-refractivity contribution in [2.45, 2.75) is 25.9 Å². The SMILES string of the molecule is Cc1ccc(-n2nnnc2N2CCC(Oc3ccc(F)cc3)CC2)cc1. The molecule has 1 aromatic heterocycles. The topological polar surface area (TPSA) is 56.1 Å². The highest BCUT2D eigenvalue weighted by atomic mass is 19.1. The van der Waals surface area contributed by atoms with Crippen molar-refractivity contribution in [3.8, 4) is 11.4 Å². The number of tetrazole rings is 1. The Kier molecular flexibility index (Phi) is 4.51. The van der Waals surface area contributed by atoms with Gasteiger partial charge in [-0.1, -0.05) is 22.8 Å². The second kappa shape index (κ2) is 7.11. The number of aryl methyl sites for hydroxylation is 1. The number of anilines is 1. The van der Waals surface area contributed by atoms with E-state index in [0.717, 1.165) is 37.6 Å². The molecule has 2 heterocycles.